The maximum absolute atomic E-state index is 2.42. The van der Waals surface area contributed by atoms with E-state index < -0.39 is 0 Å². The molecule has 0 bridgehead atoms. The van der Waals surface area contributed by atoms with Crippen LogP contribution in [0.3, 0.4) is 0 Å². The summed E-state index contributed by atoms with van der Waals surface area (Å²) in [4.78, 5) is 4.66. The predicted octanol–water partition coefficient (Wildman–Crippen LogP) is 6.14. The minimum atomic E-state index is 0. The Morgan fingerprint density at radius 1 is 0.652 bits per heavy atom. The van der Waals surface area contributed by atoms with Crippen molar-refractivity contribution in [2.45, 2.75) is 96.8 Å². The van der Waals surface area contributed by atoms with E-state index in [1.165, 1.54) is 96.4 Å². The Bertz CT molecular complexity index is 268. The zero-order valence-corrected chi connectivity index (χ0v) is 16.9. The van der Waals surface area contributed by atoms with Gasteiger partial charge in [-0.15, -0.1) is 0 Å². The summed E-state index contributed by atoms with van der Waals surface area (Å²) < 4.78 is 0. The fourth-order valence-corrected chi connectivity index (χ4v) is 3.24. The summed E-state index contributed by atoms with van der Waals surface area (Å²) in [5.41, 5.74) is 0. The summed E-state index contributed by atoms with van der Waals surface area (Å²) in [6.07, 6.45) is 24.6. The molecular weight excluding hydrogens is 323 g/mol. The van der Waals surface area contributed by atoms with Gasteiger partial charge in [0.25, 0.3) is 0 Å². The van der Waals surface area contributed by atoms with E-state index in [0.717, 1.165) is 6.67 Å². The number of rotatable bonds is 15. The SMILES string of the molecule is CCCCCCCCCCCCCCCCN1C=CN(C)C1.[Mn]. The van der Waals surface area contributed by atoms with Crippen LogP contribution in [0.5, 0.6) is 0 Å². The van der Waals surface area contributed by atoms with Crippen molar-refractivity contribution in [3.8, 4) is 0 Å². The third-order valence-corrected chi connectivity index (χ3v) is 4.74. The predicted molar refractivity (Wildman–Crippen MR) is 98.8 cm³/mol. The molecule has 0 unspecified atom stereocenters. The quantitative estimate of drug-likeness (QED) is 0.255. The molecule has 137 valence electrons. The van der Waals surface area contributed by atoms with Crippen molar-refractivity contribution < 1.29 is 17.1 Å². The van der Waals surface area contributed by atoms with Crippen LogP contribution < -0.4 is 0 Å². The third-order valence-electron chi connectivity index (χ3n) is 4.74. The topological polar surface area (TPSA) is 6.48 Å². The molecule has 0 aromatic carbocycles. The summed E-state index contributed by atoms with van der Waals surface area (Å²) in [7, 11) is 2.14. The Hall–Kier alpha value is -0.141. The van der Waals surface area contributed by atoms with Crippen LogP contribution in [0.1, 0.15) is 96.8 Å². The molecule has 1 aliphatic rings. The van der Waals surface area contributed by atoms with E-state index in [2.05, 4.69) is 36.2 Å². The Balaban J connectivity index is 0.00000484. The van der Waals surface area contributed by atoms with Gasteiger partial charge in [-0.25, -0.2) is 0 Å². The van der Waals surface area contributed by atoms with Gasteiger partial charge in [-0.1, -0.05) is 90.4 Å². The van der Waals surface area contributed by atoms with Crippen molar-refractivity contribution in [3.05, 3.63) is 12.4 Å². The molecule has 1 heterocycles. The van der Waals surface area contributed by atoms with Crippen LogP contribution in [-0.2, 0) is 17.1 Å². The molecule has 3 heteroatoms. The van der Waals surface area contributed by atoms with E-state index in [9.17, 15) is 0 Å². The minimum absolute atomic E-state index is 0. The largest absolute Gasteiger partial charge is 0.362 e. The van der Waals surface area contributed by atoms with Gasteiger partial charge in [-0.3, -0.25) is 0 Å². The molecule has 0 atom stereocenters. The van der Waals surface area contributed by atoms with E-state index in [4.69, 9.17) is 0 Å². The normalized spacial score (nSPS) is 13.7. The second-order valence-corrected chi connectivity index (χ2v) is 7.11. The molecule has 0 amide bonds. The van der Waals surface area contributed by atoms with Crippen molar-refractivity contribution in [2.75, 3.05) is 20.3 Å². The van der Waals surface area contributed by atoms with Crippen LogP contribution >= 0.6 is 0 Å². The molecule has 1 radical (unpaired) electrons. The minimum Gasteiger partial charge on any atom is -0.362 e. The molecule has 23 heavy (non-hydrogen) atoms. The van der Waals surface area contributed by atoms with E-state index in [1.807, 2.05) is 0 Å². The van der Waals surface area contributed by atoms with Crippen molar-refractivity contribution in [1.29, 1.82) is 0 Å². The zero-order chi connectivity index (χ0) is 15.9. The summed E-state index contributed by atoms with van der Waals surface area (Å²) in [5, 5.41) is 0. The van der Waals surface area contributed by atoms with Crippen molar-refractivity contribution >= 4 is 0 Å². The van der Waals surface area contributed by atoms with E-state index in [-0.39, 0.29) is 17.1 Å². The van der Waals surface area contributed by atoms with Gasteiger partial charge in [0.1, 0.15) is 0 Å². The van der Waals surface area contributed by atoms with Gasteiger partial charge in [0.2, 0.25) is 0 Å². The maximum atomic E-state index is 2.42. The van der Waals surface area contributed by atoms with Gasteiger partial charge in [-0.05, 0) is 6.42 Å². The van der Waals surface area contributed by atoms with Gasteiger partial charge in [0, 0.05) is 43.1 Å². The molecule has 0 aliphatic carbocycles. The Morgan fingerprint density at radius 2 is 1.09 bits per heavy atom. The van der Waals surface area contributed by atoms with Crippen LogP contribution in [0.25, 0.3) is 0 Å². The van der Waals surface area contributed by atoms with E-state index in [1.54, 1.807) is 0 Å². The monoisotopic (exact) mass is 363 g/mol. The van der Waals surface area contributed by atoms with Crippen molar-refractivity contribution in [3.63, 3.8) is 0 Å². The smallest absolute Gasteiger partial charge is 0.0890 e. The fourth-order valence-electron chi connectivity index (χ4n) is 3.24. The second kappa shape index (κ2) is 16.7. The summed E-state index contributed by atoms with van der Waals surface area (Å²) in [6, 6.07) is 0. The van der Waals surface area contributed by atoms with E-state index in [0.29, 0.717) is 0 Å². The van der Waals surface area contributed by atoms with Crippen LogP contribution in [0.2, 0.25) is 0 Å². The molecule has 0 spiro atoms. The van der Waals surface area contributed by atoms with Crippen LogP contribution in [0.15, 0.2) is 12.4 Å². The molecule has 0 N–H and O–H groups in total. The average Bonchev–Trinajstić information content (AvgIpc) is 2.93. The van der Waals surface area contributed by atoms with Gasteiger partial charge >= 0.3 is 0 Å². The number of hydrogen-bond acceptors (Lipinski definition) is 2. The fraction of sp³-hybridized carbons (Fsp3) is 0.900. The molecule has 0 saturated heterocycles. The summed E-state index contributed by atoms with van der Waals surface area (Å²) >= 11 is 0. The van der Waals surface area contributed by atoms with E-state index >= 15 is 0 Å². The first-order valence-electron chi connectivity index (χ1n) is 9.95. The Kier molecular flexibility index (Phi) is 16.6. The van der Waals surface area contributed by atoms with Crippen LogP contribution in [0.4, 0.5) is 0 Å². The molecule has 0 fully saturated rings. The number of nitrogens with zero attached hydrogens (tertiary/aromatic N) is 2. The summed E-state index contributed by atoms with van der Waals surface area (Å²) in [5.74, 6) is 0. The van der Waals surface area contributed by atoms with Crippen LogP contribution in [-0.4, -0.2) is 30.1 Å². The molecule has 2 nitrogen and oxygen atoms in total. The van der Waals surface area contributed by atoms with Gasteiger partial charge in [-0.2, -0.15) is 0 Å². The first-order valence-corrected chi connectivity index (χ1v) is 9.95. The van der Waals surface area contributed by atoms with Crippen LogP contribution in [0, 0.1) is 0 Å². The Labute approximate surface area is 156 Å². The molecule has 0 saturated carbocycles. The molecule has 1 rings (SSSR count). The maximum Gasteiger partial charge on any atom is 0.0890 e. The van der Waals surface area contributed by atoms with Gasteiger partial charge in [0.15, 0.2) is 0 Å². The molecule has 0 aromatic heterocycles. The Morgan fingerprint density at radius 3 is 1.48 bits per heavy atom. The van der Waals surface area contributed by atoms with Crippen molar-refractivity contribution in [1.82, 2.24) is 9.80 Å². The average molecular weight is 363 g/mol. The second-order valence-electron chi connectivity index (χ2n) is 7.11. The zero-order valence-electron chi connectivity index (χ0n) is 15.7. The van der Waals surface area contributed by atoms with Gasteiger partial charge < -0.3 is 9.80 Å². The first kappa shape index (κ1) is 22.9. The summed E-state index contributed by atoms with van der Waals surface area (Å²) in [6.45, 7) is 4.61. The van der Waals surface area contributed by atoms with Gasteiger partial charge in [0.05, 0.1) is 6.67 Å². The third kappa shape index (κ3) is 14.0. The molecular formula is C20H40MnN2. The standard InChI is InChI=1S/C20H40N2.Mn/c1-3-4-5-6-7-8-9-10-11-12-13-14-15-16-17-22-19-18-21(2)20-22;/h18-19H,3-17,20H2,1-2H3;. The van der Waals surface area contributed by atoms with Crippen molar-refractivity contribution in [2.24, 2.45) is 0 Å². The molecule has 1 aliphatic heterocycles. The molecule has 0 aromatic rings. The number of hydrogen-bond donors (Lipinski definition) is 0. The first-order chi connectivity index (χ1) is 10.8. The number of unbranched alkanes of at least 4 members (excludes halogenated alkanes) is 13.